The number of likely N-dealkylation sites (N-methyl/N-ethyl adjacent to an activating group) is 1. The Morgan fingerprint density at radius 2 is 1.75 bits per heavy atom. The number of nitrogens with one attached hydrogen (secondary N) is 1. The van der Waals surface area contributed by atoms with E-state index in [0.717, 1.165) is 15.6 Å². The van der Waals surface area contributed by atoms with Gasteiger partial charge in [0.2, 0.25) is 5.43 Å². The molecule has 0 saturated carbocycles. The highest BCUT2D eigenvalue weighted by Crippen LogP contribution is 2.44. The minimum Gasteiger partial charge on any atom is -0.504 e. The summed E-state index contributed by atoms with van der Waals surface area (Å²) in [6, 6.07) is 14.3. The molecule has 0 atom stereocenters. The molecule has 3 aromatic rings. The van der Waals surface area contributed by atoms with Gasteiger partial charge in [0.1, 0.15) is 4.90 Å². The Bertz CT molecular complexity index is 1330. The highest BCUT2D eigenvalue weighted by atomic mass is 32.2. The van der Waals surface area contributed by atoms with Gasteiger partial charge in [0, 0.05) is 17.1 Å². The van der Waals surface area contributed by atoms with Gasteiger partial charge in [-0.15, -0.1) is 11.3 Å². The van der Waals surface area contributed by atoms with Crippen LogP contribution in [0.1, 0.15) is 4.88 Å². The SMILES string of the molecule is CN1C(C(=O)Nc2cccccc2=O)=C(O)c2sc3ccccc3c2S1(=O)=O. The number of carbonyl (C=O) groups excluding carboxylic acids is 1. The van der Waals surface area contributed by atoms with Crippen LogP contribution in [0, 0.1) is 0 Å². The molecule has 0 unspecified atom stereocenters. The fraction of sp³-hybridized carbons (Fsp3) is 0.0526. The van der Waals surface area contributed by atoms with Crippen molar-refractivity contribution in [3.63, 3.8) is 0 Å². The first-order valence-corrected chi connectivity index (χ1v) is 10.4. The van der Waals surface area contributed by atoms with Crippen LogP contribution in [0.4, 0.5) is 5.69 Å². The van der Waals surface area contributed by atoms with Crippen molar-refractivity contribution < 1.29 is 18.3 Å². The lowest BCUT2D eigenvalue weighted by Crippen LogP contribution is -2.37. The van der Waals surface area contributed by atoms with Crippen molar-refractivity contribution in [3.8, 4) is 0 Å². The highest BCUT2D eigenvalue weighted by molar-refractivity contribution is 7.89. The van der Waals surface area contributed by atoms with Crippen LogP contribution in [0.3, 0.4) is 0 Å². The molecule has 2 heterocycles. The van der Waals surface area contributed by atoms with Gasteiger partial charge in [-0.1, -0.05) is 36.4 Å². The van der Waals surface area contributed by atoms with Gasteiger partial charge in [-0.25, -0.2) is 8.42 Å². The Hall–Kier alpha value is -3.17. The van der Waals surface area contributed by atoms with Gasteiger partial charge in [0.15, 0.2) is 11.5 Å². The molecule has 0 bridgehead atoms. The molecule has 2 N–H and O–H groups in total. The molecule has 2 aromatic carbocycles. The number of hydrogen-bond acceptors (Lipinski definition) is 6. The standard InChI is InChI=1S/C19H14N2O5S2/c1-21-15(19(24)20-12-8-3-2-4-9-13(12)22)16(23)17-18(28(21,25)26)11-7-5-6-10-14(11)27-17/h2-10,23H,1H3,(H,20,22,24). The number of anilines is 1. The molecule has 0 spiro atoms. The number of hydrogen-bond donors (Lipinski definition) is 2. The third-order valence-electron chi connectivity index (χ3n) is 4.38. The highest BCUT2D eigenvalue weighted by Gasteiger charge is 2.40. The van der Waals surface area contributed by atoms with Crippen LogP contribution in [0.25, 0.3) is 15.8 Å². The van der Waals surface area contributed by atoms with E-state index in [9.17, 15) is 23.1 Å². The summed E-state index contributed by atoms with van der Waals surface area (Å²) in [5.41, 5.74) is -0.907. The van der Waals surface area contributed by atoms with Crippen LogP contribution in [0.2, 0.25) is 0 Å². The van der Waals surface area contributed by atoms with Crippen molar-refractivity contribution in [1.82, 2.24) is 4.31 Å². The number of nitrogens with zero attached hydrogens (tertiary/aromatic N) is 1. The van der Waals surface area contributed by atoms with Crippen LogP contribution in [0.5, 0.6) is 0 Å². The Morgan fingerprint density at radius 3 is 2.54 bits per heavy atom. The van der Waals surface area contributed by atoms with E-state index >= 15 is 0 Å². The summed E-state index contributed by atoms with van der Waals surface area (Å²) in [6.07, 6.45) is 0. The van der Waals surface area contributed by atoms with Crippen LogP contribution >= 0.6 is 11.3 Å². The topological polar surface area (TPSA) is 104 Å². The Labute approximate surface area is 164 Å². The predicted molar refractivity (Wildman–Crippen MR) is 108 cm³/mol. The second kappa shape index (κ2) is 6.47. The van der Waals surface area contributed by atoms with Crippen molar-refractivity contribution in [2.45, 2.75) is 4.90 Å². The van der Waals surface area contributed by atoms with Gasteiger partial charge < -0.3 is 10.4 Å². The maximum Gasteiger partial charge on any atom is 0.276 e. The first-order valence-electron chi connectivity index (χ1n) is 8.17. The average Bonchev–Trinajstić information content (AvgIpc) is 2.95. The monoisotopic (exact) mass is 414 g/mol. The number of sulfonamides is 1. The summed E-state index contributed by atoms with van der Waals surface area (Å²) >= 11 is 1.09. The molecule has 0 aliphatic carbocycles. The molecule has 0 fully saturated rings. The number of fused-ring (bicyclic) bond motifs is 3. The maximum atomic E-state index is 13.1. The lowest BCUT2D eigenvalue weighted by Gasteiger charge is -2.26. The lowest BCUT2D eigenvalue weighted by atomic mass is 10.2. The molecule has 1 aliphatic heterocycles. The van der Waals surface area contributed by atoms with Crippen molar-refractivity contribution in [3.05, 3.63) is 75.4 Å². The molecule has 1 amide bonds. The van der Waals surface area contributed by atoms with Crippen LogP contribution in [-0.2, 0) is 14.8 Å². The minimum absolute atomic E-state index is 0.0248. The first kappa shape index (κ1) is 18.2. The summed E-state index contributed by atoms with van der Waals surface area (Å²) in [4.78, 5) is 24.9. The molecule has 28 heavy (non-hydrogen) atoms. The molecular weight excluding hydrogens is 400 g/mol. The first-order chi connectivity index (χ1) is 13.3. The molecule has 1 aromatic heterocycles. The van der Waals surface area contributed by atoms with Gasteiger partial charge in [-0.2, -0.15) is 0 Å². The van der Waals surface area contributed by atoms with Crippen molar-refractivity contribution >= 4 is 48.8 Å². The second-order valence-corrected chi connectivity index (χ2v) is 9.03. The van der Waals surface area contributed by atoms with Crippen LogP contribution < -0.4 is 10.7 Å². The van der Waals surface area contributed by atoms with Crippen LogP contribution in [-0.4, -0.2) is 30.8 Å². The normalized spacial score (nSPS) is 15.4. The van der Waals surface area contributed by atoms with E-state index in [1.165, 1.54) is 25.2 Å². The van der Waals surface area contributed by atoms with E-state index in [4.69, 9.17) is 0 Å². The van der Waals surface area contributed by atoms with Gasteiger partial charge >= 0.3 is 0 Å². The molecular formula is C19H14N2O5S2. The van der Waals surface area contributed by atoms with Gasteiger partial charge in [0.05, 0.1) is 10.6 Å². The number of amides is 1. The summed E-state index contributed by atoms with van der Waals surface area (Å²) in [5, 5.41) is 13.6. The van der Waals surface area contributed by atoms with E-state index in [1.54, 1.807) is 36.4 Å². The minimum atomic E-state index is -4.06. The third kappa shape index (κ3) is 2.67. The van der Waals surface area contributed by atoms with E-state index in [2.05, 4.69) is 5.32 Å². The second-order valence-electron chi connectivity index (χ2n) is 6.07. The summed E-state index contributed by atoms with van der Waals surface area (Å²) in [6.45, 7) is 0. The van der Waals surface area contributed by atoms with E-state index in [1.807, 2.05) is 0 Å². The fourth-order valence-corrected chi connectivity index (χ4v) is 6.03. The molecule has 0 saturated heterocycles. The number of rotatable bonds is 2. The number of aliphatic hydroxyl groups is 1. The smallest absolute Gasteiger partial charge is 0.276 e. The van der Waals surface area contributed by atoms with E-state index in [-0.39, 0.29) is 15.5 Å². The van der Waals surface area contributed by atoms with Gasteiger partial charge in [0.25, 0.3) is 15.9 Å². The lowest BCUT2D eigenvalue weighted by molar-refractivity contribution is -0.113. The summed E-state index contributed by atoms with van der Waals surface area (Å²) < 4.78 is 27.5. The Morgan fingerprint density at radius 1 is 1.07 bits per heavy atom. The van der Waals surface area contributed by atoms with Crippen molar-refractivity contribution in [2.75, 3.05) is 12.4 Å². The zero-order valence-corrected chi connectivity index (χ0v) is 16.2. The molecule has 1 aliphatic rings. The van der Waals surface area contributed by atoms with E-state index < -0.39 is 32.8 Å². The van der Waals surface area contributed by atoms with Crippen molar-refractivity contribution in [1.29, 1.82) is 0 Å². The van der Waals surface area contributed by atoms with E-state index in [0.29, 0.717) is 10.1 Å². The number of thiophene rings is 1. The maximum absolute atomic E-state index is 13.1. The van der Waals surface area contributed by atoms with Crippen LogP contribution in [0.15, 0.2) is 70.0 Å². The summed E-state index contributed by atoms with van der Waals surface area (Å²) in [7, 11) is -2.87. The molecule has 7 nitrogen and oxygen atoms in total. The molecule has 0 radical (unpaired) electrons. The third-order valence-corrected chi connectivity index (χ3v) is 7.53. The average molecular weight is 414 g/mol. The Kier molecular flexibility index (Phi) is 4.20. The Balaban J connectivity index is 1.89. The van der Waals surface area contributed by atoms with Gasteiger partial charge in [-0.05, 0) is 18.2 Å². The predicted octanol–water partition coefficient (Wildman–Crippen LogP) is 2.76. The quantitative estimate of drug-likeness (QED) is 0.671. The van der Waals surface area contributed by atoms with Crippen molar-refractivity contribution in [2.24, 2.45) is 0 Å². The zero-order chi connectivity index (χ0) is 20.1. The van der Waals surface area contributed by atoms with Gasteiger partial charge in [-0.3, -0.25) is 13.9 Å². The molecule has 9 heteroatoms. The number of benzene rings is 1. The number of carbonyl (C=O) groups is 1. The fourth-order valence-electron chi connectivity index (χ4n) is 3.01. The summed E-state index contributed by atoms with van der Waals surface area (Å²) in [5.74, 6) is -1.34. The largest absolute Gasteiger partial charge is 0.504 e. The molecule has 4 rings (SSSR count). The number of aliphatic hydroxyl groups excluding tert-OH is 1. The molecule has 142 valence electrons. The zero-order valence-electron chi connectivity index (χ0n) is 14.5.